The molecule has 1 saturated carbocycles. The zero-order chi connectivity index (χ0) is 14.2. The molecular weight excluding hydrogens is 254 g/mol. The number of nitrogens with one attached hydrogen (secondary N) is 2. The predicted octanol–water partition coefficient (Wildman–Crippen LogP) is 1.72. The van der Waals surface area contributed by atoms with E-state index in [-0.39, 0.29) is 11.9 Å². The maximum Gasteiger partial charge on any atom is 0.251 e. The zero-order valence-electron chi connectivity index (χ0n) is 11.3. The van der Waals surface area contributed by atoms with Crippen molar-refractivity contribution in [3.8, 4) is 11.1 Å². The van der Waals surface area contributed by atoms with Crippen molar-refractivity contribution in [3.05, 3.63) is 42.2 Å². The van der Waals surface area contributed by atoms with Gasteiger partial charge in [0.15, 0.2) is 0 Å². The van der Waals surface area contributed by atoms with Crippen LogP contribution in [0.1, 0.15) is 30.1 Å². The molecule has 5 heteroatoms. The number of benzene rings is 1. The van der Waals surface area contributed by atoms with Crippen LogP contribution in [0.2, 0.25) is 0 Å². The molecule has 3 N–H and O–H groups in total. The van der Waals surface area contributed by atoms with Gasteiger partial charge >= 0.3 is 0 Å². The number of amides is 1. The Kier molecular flexibility index (Phi) is 3.06. The molecule has 1 amide bonds. The van der Waals surface area contributed by atoms with Crippen LogP contribution in [0.25, 0.3) is 11.1 Å². The van der Waals surface area contributed by atoms with E-state index in [1.807, 2.05) is 12.1 Å². The molecule has 20 heavy (non-hydrogen) atoms. The third-order valence-electron chi connectivity index (χ3n) is 3.97. The Morgan fingerprint density at radius 2 is 2.15 bits per heavy atom. The second-order valence-corrected chi connectivity index (χ2v) is 5.49. The summed E-state index contributed by atoms with van der Waals surface area (Å²) in [5, 5.41) is 19.4. The molecule has 1 aromatic heterocycles. The lowest BCUT2D eigenvalue weighted by Gasteiger charge is -2.42. The molecular formula is C15H17N3O2. The molecule has 0 radical (unpaired) electrons. The summed E-state index contributed by atoms with van der Waals surface area (Å²) in [7, 11) is 0. The van der Waals surface area contributed by atoms with Gasteiger partial charge in [-0.1, -0.05) is 12.1 Å². The summed E-state index contributed by atoms with van der Waals surface area (Å²) in [4.78, 5) is 12.1. The molecule has 0 spiro atoms. The van der Waals surface area contributed by atoms with E-state index >= 15 is 0 Å². The Morgan fingerprint density at radius 1 is 1.40 bits per heavy atom. The molecule has 1 aromatic carbocycles. The van der Waals surface area contributed by atoms with Gasteiger partial charge in [0.2, 0.25) is 0 Å². The van der Waals surface area contributed by atoms with Gasteiger partial charge in [-0.25, -0.2) is 0 Å². The van der Waals surface area contributed by atoms with Crippen LogP contribution < -0.4 is 5.32 Å². The third kappa shape index (κ3) is 2.32. The van der Waals surface area contributed by atoms with Crippen LogP contribution in [-0.2, 0) is 0 Å². The largest absolute Gasteiger partial charge is 0.388 e. The van der Waals surface area contributed by atoms with E-state index in [1.165, 1.54) is 0 Å². The van der Waals surface area contributed by atoms with Crippen LogP contribution in [0.5, 0.6) is 0 Å². The van der Waals surface area contributed by atoms with Crippen molar-refractivity contribution in [2.75, 3.05) is 0 Å². The lowest BCUT2D eigenvalue weighted by atomic mass is 9.76. The average Bonchev–Trinajstić information content (AvgIpc) is 2.98. The van der Waals surface area contributed by atoms with Crippen molar-refractivity contribution in [2.24, 2.45) is 0 Å². The number of carbonyl (C=O) groups is 1. The molecule has 1 fully saturated rings. The number of rotatable bonds is 3. The van der Waals surface area contributed by atoms with Gasteiger partial charge in [-0.15, -0.1) is 0 Å². The van der Waals surface area contributed by atoms with Crippen LogP contribution in [0.15, 0.2) is 36.7 Å². The van der Waals surface area contributed by atoms with E-state index in [0.29, 0.717) is 5.56 Å². The number of aromatic amines is 1. The third-order valence-corrected chi connectivity index (χ3v) is 3.97. The Bertz CT molecular complexity index is 603. The second kappa shape index (κ2) is 4.76. The van der Waals surface area contributed by atoms with Crippen LogP contribution >= 0.6 is 0 Å². The maximum absolute atomic E-state index is 12.1. The first kappa shape index (κ1) is 12.9. The summed E-state index contributed by atoms with van der Waals surface area (Å²) in [6, 6.07) is 7.19. The molecule has 0 saturated heterocycles. The number of hydrogen-bond acceptors (Lipinski definition) is 3. The Morgan fingerprint density at radius 3 is 2.65 bits per heavy atom. The van der Waals surface area contributed by atoms with Gasteiger partial charge in [0.25, 0.3) is 5.91 Å². The highest BCUT2D eigenvalue weighted by Gasteiger charge is 2.41. The zero-order valence-corrected chi connectivity index (χ0v) is 11.3. The summed E-state index contributed by atoms with van der Waals surface area (Å²) >= 11 is 0. The fourth-order valence-corrected chi connectivity index (χ4v) is 2.40. The van der Waals surface area contributed by atoms with E-state index in [9.17, 15) is 9.90 Å². The van der Waals surface area contributed by atoms with Gasteiger partial charge in [-0.3, -0.25) is 9.89 Å². The summed E-state index contributed by atoms with van der Waals surface area (Å²) in [6.45, 7) is 1.75. The number of hydrogen-bond donors (Lipinski definition) is 3. The first-order valence-corrected chi connectivity index (χ1v) is 6.69. The minimum atomic E-state index is -0.771. The average molecular weight is 271 g/mol. The standard InChI is InChI=1S/C15H17N3O2/c1-15(20)7-6-13(15)18-14(19)11-4-2-10(3-5-11)12-8-16-17-9-12/h2-5,8-9,13,20H,6-7H2,1H3,(H,16,17)(H,18,19)/t13-,15-/m1/s1. The van der Waals surface area contributed by atoms with Gasteiger partial charge in [-0.2, -0.15) is 5.10 Å². The SMILES string of the molecule is C[C@@]1(O)CC[C@H]1NC(=O)c1ccc(-c2cn[nH]c2)cc1. The van der Waals surface area contributed by atoms with Crippen molar-refractivity contribution >= 4 is 5.91 Å². The van der Waals surface area contributed by atoms with Crippen LogP contribution in [-0.4, -0.2) is 32.9 Å². The summed E-state index contributed by atoms with van der Waals surface area (Å²) in [6.07, 6.45) is 5.10. The molecule has 2 atom stereocenters. The molecule has 0 aliphatic heterocycles. The molecule has 3 rings (SSSR count). The smallest absolute Gasteiger partial charge is 0.251 e. The van der Waals surface area contributed by atoms with E-state index < -0.39 is 5.60 Å². The van der Waals surface area contributed by atoms with Crippen molar-refractivity contribution in [1.82, 2.24) is 15.5 Å². The van der Waals surface area contributed by atoms with Crippen LogP contribution in [0.4, 0.5) is 0 Å². The lowest BCUT2D eigenvalue weighted by Crippen LogP contribution is -2.58. The number of nitrogens with zero attached hydrogens (tertiary/aromatic N) is 1. The molecule has 1 heterocycles. The van der Waals surface area contributed by atoms with Gasteiger partial charge in [0.1, 0.15) is 0 Å². The van der Waals surface area contributed by atoms with E-state index in [0.717, 1.165) is 24.0 Å². The van der Waals surface area contributed by atoms with Gasteiger partial charge < -0.3 is 10.4 Å². The fraction of sp³-hybridized carbons (Fsp3) is 0.333. The monoisotopic (exact) mass is 271 g/mol. The summed E-state index contributed by atoms with van der Waals surface area (Å²) in [5.74, 6) is -0.145. The van der Waals surface area contributed by atoms with Crippen molar-refractivity contribution in [3.63, 3.8) is 0 Å². The molecule has 1 aliphatic rings. The van der Waals surface area contributed by atoms with Crippen molar-refractivity contribution < 1.29 is 9.90 Å². The highest BCUT2D eigenvalue weighted by Crippen LogP contribution is 2.31. The van der Waals surface area contributed by atoms with Gasteiger partial charge in [0.05, 0.1) is 17.8 Å². The second-order valence-electron chi connectivity index (χ2n) is 5.49. The fourth-order valence-electron chi connectivity index (χ4n) is 2.40. The predicted molar refractivity (Wildman–Crippen MR) is 75.1 cm³/mol. The molecule has 5 nitrogen and oxygen atoms in total. The maximum atomic E-state index is 12.1. The topological polar surface area (TPSA) is 78.0 Å². The number of aromatic nitrogens is 2. The van der Waals surface area contributed by atoms with Crippen molar-refractivity contribution in [1.29, 1.82) is 0 Å². The van der Waals surface area contributed by atoms with Crippen LogP contribution in [0, 0.1) is 0 Å². The molecule has 1 aliphatic carbocycles. The quantitative estimate of drug-likeness (QED) is 0.795. The van der Waals surface area contributed by atoms with E-state index in [4.69, 9.17) is 0 Å². The summed E-state index contributed by atoms with van der Waals surface area (Å²) in [5.41, 5.74) is 1.82. The van der Waals surface area contributed by atoms with E-state index in [1.54, 1.807) is 31.5 Å². The number of carbonyl (C=O) groups excluding carboxylic acids is 1. The van der Waals surface area contributed by atoms with Gasteiger partial charge in [-0.05, 0) is 37.5 Å². The first-order valence-electron chi connectivity index (χ1n) is 6.69. The van der Waals surface area contributed by atoms with Crippen LogP contribution in [0.3, 0.4) is 0 Å². The van der Waals surface area contributed by atoms with Crippen molar-refractivity contribution in [2.45, 2.75) is 31.4 Å². The minimum Gasteiger partial charge on any atom is -0.388 e. The highest BCUT2D eigenvalue weighted by molar-refractivity contribution is 5.95. The summed E-state index contributed by atoms with van der Waals surface area (Å²) < 4.78 is 0. The normalized spacial score (nSPS) is 25.0. The minimum absolute atomic E-state index is 0.145. The first-order chi connectivity index (χ1) is 9.56. The number of H-pyrrole nitrogens is 1. The number of aliphatic hydroxyl groups is 1. The van der Waals surface area contributed by atoms with E-state index in [2.05, 4.69) is 15.5 Å². The molecule has 2 aromatic rings. The lowest BCUT2D eigenvalue weighted by molar-refractivity contribution is -0.0486. The Hall–Kier alpha value is -2.14. The Labute approximate surface area is 117 Å². The molecule has 0 unspecified atom stereocenters. The molecule has 0 bridgehead atoms. The molecule has 104 valence electrons. The highest BCUT2D eigenvalue weighted by atomic mass is 16.3. The Balaban J connectivity index is 1.70. The van der Waals surface area contributed by atoms with Gasteiger partial charge in [0, 0.05) is 17.3 Å².